The first kappa shape index (κ1) is 36.3. The number of ether oxygens (including phenoxy) is 1. The molecular formula is C37H47ClN2O4. The van der Waals surface area contributed by atoms with Gasteiger partial charge in [0.1, 0.15) is 0 Å². The maximum atomic E-state index is 13.8. The Morgan fingerprint density at radius 2 is 1.93 bits per heavy atom. The first-order chi connectivity index (χ1) is 21.2. The molecule has 1 aromatic carbocycles. The number of allylic oxidation sites excluding steroid dienone is 12. The Labute approximate surface area is 268 Å². The van der Waals surface area contributed by atoms with Crippen LogP contribution in [0.15, 0.2) is 118 Å². The summed E-state index contributed by atoms with van der Waals surface area (Å²) < 4.78 is 6.07. The van der Waals surface area contributed by atoms with Crippen molar-refractivity contribution in [2.75, 3.05) is 19.8 Å². The number of benzene rings is 1. The number of nitrogens with one attached hydrogen (secondary N) is 2. The Morgan fingerprint density at radius 1 is 1.16 bits per heavy atom. The summed E-state index contributed by atoms with van der Waals surface area (Å²) in [6.45, 7) is 12.6. The fourth-order valence-corrected chi connectivity index (χ4v) is 5.28. The van der Waals surface area contributed by atoms with E-state index in [1.807, 2.05) is 58.1 Å². The molecule has 1 heterocycles. The molecule has 3 rings (SSSR count). The number of carboxylic acids is 1. The second-order valence-corrected chi connectivity index (χ2v) is 10.7. The van der Waals surface area contributed by atoms with E-state index in [0.717, 1.165) is 24.8 Å². The van der Waals surface area contributed by atoms with Crippen molar-refractivity contribution in [3.05, 3.63) is 129 Å². The predicted octanol–water partition coefficient (Wildman–Crippen LogP) is 8.49. The smallest absolute Gasteiger partial charge is 0.334 e. The van der Waals surface area contributed by atoms with Crippen molar-refractivity contribution < 1.29 is 19.4 Å². The van der Waals surface area contributed by atoms with Crippen LogP contribution in [-0.4, -0.2) is 36.7 Å². The SMILES string of the molecule is CC.C\C=C/C(/C=C/CNC(=O)C1=C(COCCCC2=CC(C)=CC=CC2)NC(C)=C(C(=O)O)C1c1cccc(Cl)c1)=C\C. The molecule has 236 valence electrons. The van der Waals surface area contributed by atoms with Crippen molar-refractivity contribution in [2.24, 2.45) is 0 Å². The summed E-state index contributed by atoms with van der Waals surface area (Å²) in [7, 11) is 0. The van der Waals surface area contributed by atoms with Gasteiger partial charge < -0.3 is 20.5 Å². The van der Waals surface area contributed by atoms with Gasteiger partial charge in [0.2, 0.25) is 5.91 Å². The molecule has 3 N–H and O–H groups in total. The molecule has 1 aliphatic heterocycles. The number of hydrogen-bond acceptors (Lipinski definition) is 4. The van der Waals surface area contributed by atoms with Crippen LogP contribution in [0, 0.1) is 0 Å². The summed E-state index contributed by atoms with van der Waals surface area (Å²) in [5.41, 5.74) is 5.64. The fraction of sp³-hybridized carbons (Fsp3) is 0.351. The topological polar surface area (TPSA) is 87.7 Å². The van der Waals surface area contributed by atoms with Gasteiger partial charge in [-0.15, -0.1) is 0 Å². The van der Waals surface area contributed by atoms with Crippen LogP contribution in [0.5, 0.6) is 0 Å². The van der Waals surface area contributed by atoms with Gasteiger partial charge in [-0.25, -0.2) is 4.79 Å². The normalized spacial score (nSPS) is 17.2. The molecule has 2 aliphatic rings. The van der Waals surface area contributed by atoms with Crippen LogP contribution in [-0.2, 0) is 14.3 Å². The van der Waals surface area contributed by atoms with E-state index in [4.69, 9.17) is 16.3 Å². The number of aliphatic carboxylic acids is 1. The molecule has 0 aromatic heterocycles. The molecule has 1 aliphatic carbocycles. The third kappa shape index (κ3) is 11.0. The molecule has 1 unspecified atom stereocenters. The number of amides is 1. The molecule has 0 radical (unpaired) electrons. The van der Waals surface area contributed by atoms with E-state index in [2.05, 4.69) is 41.9 Å². The van der Waals surface area contributed by atoms with E-state index >= 15 is 0 Å². The van der Waals surface area contributed by atoms with Crippen LogP contribution in [0.4, 0.5) is 0 Å². The lowest BCUT2D eigenvalue weighted by atomic mass is 9.80. The van der Waals surface area contributed by atoms with Crippen molar-refractivity contribution in [2.45, 2.75) is 66.7 Å². The van der Waals surface area contributed by atoms with Gasteiger partial charge in [-0.2, -0.15) is 0 Å². The second kappa shape index (κ2) is 19.4. The molecular weight excluding hydrogens is 572 g/mol. The second-order valence-electron chi connectivity index (χ2n) is 10.3. The number of carbonyl (C=O) groups is 2. The van der Waals surface area contributed by atoms with E-state index in [1.165, 1.54) is 11.1 Å². The molecule has 6 nitrogen and oxygen atoms in total. The highest BCUT2D eigenvalue weighted by molar-refractivity contribution is 6.30. The number of dihydropyridines is 1. The summed E-state index contributed by atoms with van der Waals surface area (Å²) in [6, 6.07) is 6.99. The zero-order chi connectivity index (χ0) is 32.5. The summed E-state index contributed by atoms with van der Waals surface area (Å²) in [5, 5.41) is 16.8. The molecule has 0 spiro atoms. The first-order valence-corrected chi connectivity index (χ1v) is 15.7. The van der Waals surface area contributed by atoms with Crippen molar-refractivity contribution in [3.8, 4) is 0 Å². The van der Waals surface area contributed by atoms with Crippen LogP contribution in [0.2, 0.25) is 5.02 Å². The number of hydrogen-bond donors (Lipinski definition) is 3. The molecule has 0 bridgehead atoms. The van der Waals surface area contributed by atoms with Crippen molar-refractivity contribution in [1.29, 1.82) is 0 Å². The van der Waals surface area contributed by atoms with Gasteiger partial charge in [0, 0.05) is 23.9 Å². The van der Waals surface area contributed by atoms with E-state index < -0.39 is 11.9 Å². The number of rotatable bonds is 13. The molecule has 1 amide bonds. The Morgan fingerprint density at radius 3 is 2.61 bits per heavy atom. The summed E-state index contributed by atoms with van der Waals surface area (Å²) in [6.07, 6.45) is 20.9. The minimum Gasteiger partial charge on any atom is -0.478 e. The van der Waals surface area contributed by atoms with Gasteiger partial charge in [-0.05, 0) is 70.2 Å². The fourth-order valence-electron chi connectivity index (χ4n) is 5.08. The van der Waals surface area contributed by atoms with Crippen LogP contribution in [0.1, 0.15) is 72.3 Å². The lowest BCUT2D eigenvalue weighted by molar-refractivity contribution is -0.133. The summed E-state index contributed by atoms with van der Waals surface area (Å²) in [5.74, 6) is -2.29. The van der Waals surface area contributed by atoms with Crippen LogP contribution in [0.3, 0.4) is 0 Å². The standard InChI is InChI=1S/C35H41ClN2O4.C2H6/c1-5-12-26(6-2)15-10-19-37-34(39)33-30(23-42-20-11-16-27-14-8-7-13-24(3)21-27)38-25(4)31(35(40)41)32(33)28-17-9-18-29(36)22-28;1-2/h5-10,12-13,15,17-18,21-22,32,38H,11,14,16,19-20,23H2,1-4H3,(H,37,39)(H,40,41);1-2H3/b12-5-,15-10+,26-6+;. The predicted molar refractivity (Wildman–Crippen MR) is 182 cm³/mol. The molecule has 0 saturated carbocycles. The van der Waals surface area contributed by atoms with Gasteiger partial charge in [0.25, 0.3) is 0 Å². The average Bonchev–Trinajstić information content (AvgIpc) is 3.22. The molecule has 0 saturated heterocycles. The number of halogens is 1. The number of carbonyl (C=O) groups excluding carboxylic acids is 1. The van der Waals surface area contributed by atoms with Gasteiger partial charge in [-0.3, -0.25) is 4.79 Å². The number of carboxylic acid groups (broad SMARTS) is 1. The summed E-state index contributed by atoms with van der Waals surface area (Å²) in [4.78, 5) is 26.2. The van der Waals surface area contributed by atoms with Crippen molar-refractivity contribution >= 4 is 23.5 Å². The molecule has 1 atom stereocenters. The van der Waals surface area contributed by atoms with Gasteiger partial charge in [0.15, 0.2) is 0 Å². The van der Waals surface area contributed by atoms with Gasteiger partial charge in [-0.1, -0.05) is 103 Å². The minimum atomic E-state index is -1.10. The van der Waals surface area contributed by atoms with Crippen LogP contribution < -0.4 is 10.6 Å². The van der Waals surface area contributed by atoms with E-state index in [9.17, 15) is 14.7 Å². The maximum Gasteiger partial charge on any atom is 0.334 e. The van der Waals surface area contributed by atoms with Crippen LogP contribution in [0.25, 0.3) is 0 Å². The first-order valence-electron chi connectivity index (χ1n) is 15.3. The minimum absolute atomic E-state index is 0.0998. The van der Waals surface area contributed by atoms with Gasteiger partial charge >= 0.3 is 5.97 Å². The monoisotopic (exact) mass is 618 g/mol. The zero-order valence-corrected chi connectivity index (χ0v) is 27.6. The zero-order valence-electron chi connectivity index (χ0n) is 26.9. The molecule has 7 heteroatoms. The molecule has 44 heavy (non-hydrogen) atoms. The van der Waals surface area contributed by atoms with Crippen molar-refractivity contribution in [3.63, 3.8) is 0 Å². The Bertz CT molecular complexity index is 1410. The van der Waals surface area contributed by atoms with Gasteiger partial charge in [0.05, 0.1) is 29.4 Å². The Kier molecular flexibility index (Phi) is 16.0. The lowest BCUT2D eigenvalue weighted by Gasteiger charge is -2.31. The highest BCUT2D eigenvalue weighted by atomic mass is 35.5. The van der Waals surface area contributed by atoms with E-state index in [-0.39, 0.29) is 24.6 Å². The quantitative estimate of drug-likeness (QED) is 0.152. The third-order valence-electron chi connectivity index (χ3n) is 7.03. The van der Waals surface area contributed by atoms with Crippen LogP contribution >= 0.6 is 11.6 Å². The molecule has 0 fully saturated rings. The lowest BCUT2D eigenvalue weighted by Crippen LogP contribution is -2.38. The molecule has 1 aromatic rings. The Balaban J connectivity index is 0.00000330. The highest BCUT2D eigenvalue weighted by Gasteiger charge is 2.37. The van der Waals surface area contributed by atoms with Crippen molar-refractivity contribution in [1.82, 2.24) is 10.6 Å². The third-order valence-corrected chi connectivity index (χ3v) is 7.26. The average molecular weight is 619 g/mol. The largest absolute Gasteiger partial charge is 0.478 e. The van der Waals surface area contributed by atoms with E-state index in [0.29, 0.717) is 34.2 Å². The maximum absolute atomic E-state index is 13.8. The van der Waals surface area contributed by atoms with E-state index in [1.54, 1.807) is 31.2 Å². The highest BCUT2D eigenvalue weighted by Crippen LogP contribution is 2.39. The summed E-state index contributed by atoms with van der Waals surface area (Å²) >= 11 is 6.31. The Hall–Kier alpha value is -3.87.